The third kappa shape index (κ3) is 4.53. The second-order valence-electron chi connectivity index (χ2n) is 10.0. The molecule has 0 aromatic heterocycles. The molecule has 0 aromatic carbocycles. The molecule has 1 aliphatic heterocycles. The first-order valence-corrected chi connectivity index (χ1v) is 10.5. The van der Waals surface area contributed by atoms with Crippen LogP contribution in [0.3, 0.4) is 0 Å². The minimum absolute atomic E-state index is 0.112. The number of aliphatic hydroxyl groups is 1. The number of hydrogen-bond acceptors (Lipinski definition) is 4. The molecule has 1 N–H and O–H groups in total. The van der Waals surface area contributed by atoms with E-state index in [0.29, 0.717) is 11.8 Å². The van der Waals surface area contributed by atoms with E-state index in [1.165, 1.54) is 32.1 Å². The van der Waals surface area contributed by atoms with Crippen LogP contribution in [-0.2, 0) is 9.47 Å². The second kappa shape index (κ2) is 7.31. The number of nitrogens with zero attached hydrogens (tertiary/aromatic N) is 1. The van der Waals surface area contributed by atoms with Gasteiger partial charge in [0.1, 0.15) is 17.4 Å². The number of rotatable bonds is 4. The molecule has 1 amide bonds. The maximum absolute atomic E-state index is 13.0. The molecular formula is C21H37NO4. The fraction of sp³-hybridized carbons (Fsp3) is 0.952. The van der Waals surface area contributed by atoms with Crippen molar-refractivity contribution >= 4 is 6.09 Å². The molecule has 3 fully saturated rings. The van der Waals surface area contributed by atoms with Gasteiger partial charge in [-0.15, -0.1) is 0 Å². The van der Waals surface area contributed by atoms with Gasteiger partial charge in [0.25, 0.3) is 0 Å². The number of ether oxygens (including phenoxy) is 2. The van der Waals surface area contributed by atoms with Gasteiger partial charge < -0.3 is 14.6 Å². The van der Waals surface area contributed by atoms with Crippen molar-refractivity contribution in [2.24, 2.45) is 11.8 Å². The lowest BCUT2D eigenvalue weighted by molar-refractivity contribution is -0.106. The van der Waals surface area contributed by atoms with E-state index in [-0.39, 0.29) is 18.2 Å². The van der Waals surface area contributed by atoms with E-state index >= 15 is 0 Å². The Labute approximate surface area is 158 Å². The first kappa shape index (κ1) is 19.9. The van der Waals surface area contributed by atoms with Gasteiger partial charge in [-0.3, -0.25) is 4.90 Å². The second-order valence-corrected chi connectivity index (χ2v) is 10.0. The minimum atomic E-state index is -0.762. The molecule has 3 atom stereocenters. The van der Waals surface area contributed by atoms with Crippen molar-refractivity contribution in [3.8, 4) is 0 Å². The Hall–Kier alpha value is -0.810. The maximum Gasteiger partial charge on any atom is 0.412 e. The Morgan fingerprint density at radius 3 is 2.35 bits per heavy atom. The highest BCUT2D eigenvalue weighted by Gasteiger charge is 2.55. The molecule has 2 saturated carbocycles. The smallest absolute Gasteiger partial charge is 0.412 e. The van der Waals surface area contributed by atoms with Crippen LogP contribution in [0.15, 0.2) is 0 Å². The number of amides is 1. The first-order chi connectivity index (χ1) is 12.1. The van der Waals surface area contributed by atoms with Crippen molar-refractivity contribution < 1.29 is 19.4 Å². The van der Waals surface area contributed by atoms with E-state index in [0.717, 1.165) is 19.3 Å². The van der Waals surface area contributed by atoms with Crippen LogP contribution in [0.2, 0.25) is 0 Å². The van der Waals surface area contributed by atoms with Gasteiger partial charge in [-0.1, -0.05) is 32.1 Å². The number of aliphatic hydroxyl groups excluding tert-OH is 1. The topological polar surface area (TPSA) is 59.0 Å². The molecule has 0 aromatic rings. The minimum Gasteiger partial charge on any atom is -0.444 e. The predicted molar refractivity (Wildman–Crippen MR) is 101 cm³/mol. The number of hydrogen-bond donors (Lipinski definition) is 1. The van der Waals surface area contributed by atoms with E-state index < -0.39 is 17.4 Å². The van der Waals surface area contributed by atoms with Crippen molar-refractivity contribution in [2.75, 3.05) is 0 Å². The highest BCUT2D eigenvalue weighted by atomic mass is 16.6. The fourth-order valence-electron chi connectivity index (χ4n) is 4.69. The molecule has 3 rings (SSSR count). The third-order valence-corrected chi connectivity index (χ3v) is 6.05. The fourth-order valence-corrected chi connectivity index (χ4v) is 4.69. The molecule has 5 heteroatoms. The van der Waals surface area contributed by atoms with Crippen LogP contribution in [0.5, 0.6) is 0 Å². The predicted octanol–water partition coefficient (Wildman–Crippen LogP) is 4.47. The van der Waals surface area contributed by atoms with Crippen LogP contribution in [0.25, 0.3) is 0 Å². The average Bonchev–Trinajstić information content (AvgIpc) is 3.31. The summed E-state index contributed by atoms with van der Waals surface area (Å²) in [6.45, 7) is 9.51. The molecule has 0 unspecified atom stereocenters. The van der Waals surface area contributed by atoms with Gasteiger partial charge >= 0.3 is 6.09 Å². The largest absolute Gasteiger partial charge is 0.444 e. The molecule has 1 heterocycles. The Morgan fingerprint density at radius 1 is 1.19 bits per heavy atom. The summed E-state index contributed by atoms with van der Waals surface area (Å²) in [6, 6.07) is -0.112. The Kier molecular flexibility index (Phi) is 5.60. The zero-order valence-electron chi connectivity index (χ0n) is 17.2. The number of carbonyl (C=O) groups is 1. The Bertz CT molecular complexity index is 503. The molecule has 26 heavy (non-hydrogen) atoms. The lowest BCUT2D eigenvalue weighted by Crippen LogP contribution is -2.51. The van der Waals surface area contributed by atoms with E-state index in [9.17, 15) is 9.90 Å². The molecule has 0 radical (unpaired) electrons. The Morgan fingerprint density at radius 2 is 1.81 bits per heavy atom. The molecule has 0 bridgehead atoms. The van der Waals surface area contributed by atoms with E-state index in [4.69, 9.17) is 9.47 Å². The Balaban J connectivity index is 1.82. The van der Waals surface area contributed by atoms with E-state index in [2.05, 4.69) is 0 Å². The van der Waals surface area contributed by atoms with Gasteiger partial charge in [0.2, 0.25) is 0 Å². The normalized spacial score (nSPS) is 31.1. The monoisotopic (exact) mass is 367 g/mol. The van der Waals surface area contributed by atoms with E-state index in [1.807, 2.05) is 34.6 Å². The summed E-state index contributed by atoms with van der Waals surface area (Å²) in [5, 5.41) is 10.8. The summed E-state index contributed by atoms with van der Waals surface area (Å²) in [5.41, 5.74) is -1.31. The van der Waals surface area contributed by atoms with Crippen LogP contribution >= 0.6 is 0 Å². The average molecular weight is 368 g/mol. The SMILES string of the molecule is CC(C)(C)OC(=O)N1[C@@H](CC2CCCCC2)[C@H]([C@H](O)C2CC2)OC1(C)C. The summed E-state index contributed by atoms with van der Waals surface area (Å²) in [4.78, 5) is 14.8. The van der Waals surface area contributed by atoms with Crippen LogP contribution in [0, 0.1) is 11.8 Å². The highest BCUT2D eigenvalue weighted by molar-refractivity contribution is 5.70. The van der Waals surface area contributed by atoms with Gasteiger partial charge in [0.15, 0.2) is 0 Å². The molecule has 150 valence electrons. The summed E-state index contributed by atoms with van der Waals surface area (Å²) in [5.74, 6) is 0.924. The van der Waals surface area contributed by atoms with Crippen LogP contribution in [-0.4, -0.2) is 45.7 Å². The van der Waals surface area contributed by atoms with Crippen LogP contribution in [0.4, 0.5) is 4.79 Å². The van der Waals surface area contributed by atoms with E-state index in [1.54, 1.807) is 4.90 Å². The summed E-state index contributed by atoms with van der Waals surface area (Å²) < 4.78 is 12.0. The number of carbonyl (C=O) groups excluding carboxylic acids is 1. The van der Waals surface area contributed by atoms with Gasteiger partial charge in [-0.25, -0.2) is 4.79 Å². The standard InChI is InChI=1S/C21H37NO4/c1-20(2,3)26-19(24)22-16(13-14-9-7-6-8-10-14)18(25-21(22,4)5)17(23)15-11-12-15/h14-18,23H,6-13H2,1-5H3/t16-,17+,18+/m0/s1. The molecule has 5 nitrogen and oxygen atoms in total. The van der Waals surface area contributed by atoms with Crippen molar-refractivity contribution in [3.05, 3.63) is 0 Å². The molecular weight excluding hydrogens is 330 g/mol. The van der Waals surface area contributed by atoms with Crippen molar-refractivity contribution in [1.29, 1.82) is 0 Å². The quantitative estimate of drug-likeness (QED) is 0.796. The molecule has 0 spiro atoms. The molecule has 3 aliphatic rings. The van der Waals surface area contributed by atoms with Gasteiger partial charge in [0.05, 0.1) is 12.1 Å². The third-order valence-electron chi connectivity index (χ3n) is 6.05. The zero-order chi connectivity index (χ0) is 19.1. The lowest BCUT2D eigenvalue weighted by atomic mass is 9.82. The summed E-state index contributed by atoms with van der Waals surface area (Å²) in [7, 11) is 0. The lowest BCUT2D eigenvalue weighted by Gasteiger charge is -2.37. The van der Waals surface area contributed by atoms with Gasteiger partial charge in [0, 0.05) is 0 Å². The summed E-state index contributed by atoms with van der Waals surface area (Å²) >= 11 is 0. The van der Waals surface area contributed by atoms with Crippen molar-refractivity contribution in [1.82, 2.24) is 4.90 Å². The van der Waals surface area contributed by atoms with Gasteiger partial charge in [-0.05, 0) is 65.7 Å². The van der Waals surface area contributed by atoms with Crippen LogP contribution in [0.1, 0.15) is 86.0 Å². The maximum atomic E-state index is 13.0. The van der Waals surface area contributed by atoms with Crippen molar-refractivity contribution in [2.45, 2.75) is 116 Å². The van der Waals surface area contributed by atoms with Gasteiger partial charge in [-0.2, -0.15) is 0 Å². The highest BCUT2D eigenvalue weighted by Crippen LogP contribution is 2.44. The zero-order valence-corrected chi connectivity index (χ0v) is 17.2. The molecule has 2 aliphatic carbocycles. The first-order valence-electron chi connectivity index (χ1n) is 10.5. The van der Waals surface area contributed by atoms with Crippen LogP contribution < -0.4 is 0 Å². The van der Waals surface area contributed by atoms with Crippen molar-refractivity contribution in [3.63, 3.8) is 0 Å². The summed E-state index contributed by atoms with van der Waals surface area (Å²) in [6.07, 6.45) is 8.17. The molecule has 1 saturated heterocycles.